The molecular formula is C25H25F2N5O2. The van der Waals surface area contributed by atoms with Crippen LogP contribution in [0.1, 0.15) is 24.2 Å². The normalized spacial score (nSPS) is 16.4. The largest absolute Gasteiger partial charge is 0.434 e. The minimum absolute atomic E-state index is 0.154. The molecule has 0 aliphatic carbocycles. The lowest BCUT2D eigenvalue weighted by Gasteiger charge is -2.29. The number of aliphatic hydroxyl groups is 1. The Morgan fingerprint density at radius 1 is 1.12 bits per heavy atom. The molecule has 0 amide bonds. The predicted molar refractivity (Wildman–Crippen MR) is 125 cm³/mol. The zero-order valence-corrected chi connectivity index (χ0v) is 18.7. The Balaban J connectivity index is 1.45. The molecule has 0 radical (unpaired) electrons. The third kappa shape index (κ3) is 4.56. The first-order valence-electron chi connectivity index (χ1n) is 11.2. The molecule has 2 aromatic carbocycles. The highest BCUT2D eigenvalue weighted by Crippen LogP contribution is 2.28. The number of benzene rings is 2. The number of rotatable bonds is 6. The first-order chi connectivity index (χ1) is 16.5. The second-order valence-electron chi connectivity index (χ2n) is 8.45. The summed E-state index contributed by atoms with van der Waals surface area (Å²) in [5, 5.41) is 9.92. The molecule has 1 saturated heterocycles. The van der Waals surface area contributed by atoms with Gasteiger partial charge >= 0.3 is 6.61 Å². The maximum Gasteiger partial charge on any atom is 0.387 e. The molecule has 0 saturated carbocycles. The number of halogens is 2. The van der Waals surface area contributed by atoms with Crippen molar-refractivity contribution in [1.82, 2.24) is 19.5 Å². The lowest BCUT2D eigenvalue weighted by atomic mass is 10.1. The first kappa shape index (κ1) is 22.2. The lowest BCUT2D eigenvalue weighted by Crippen LogP contribution is -2.39. The van der Waals surface area contributed by atoms with Gasteiger partial charge in [0.1, 0.15) is 11.6 Å². The number of piperidine rings is 1. The summed E-state index contributed by atoms with van der Waals surface area (Å²) in [5.74, 6) is 1.54. The van der Waals surface area contributed by atoms with Crippen LogP contribution < -0.4 is 9.64 Å². The van der Waals surface area contributed by atoms with E-state index in [9.17, 15) is 13.9 Å². The Kier molecular flexibility index (Phi) is 6.10. The summed E-state index contributed by atoms with van der Waals surface area (Å²) in [5.41, 5.74) is 4.12. The molecule has 9 heteroatoms. The number of β-amino-alcohol motifs (C(OH)–C–C–N with tert-alkyl or cyclic N) is 1. The van der Waals surface area contributed by atoms with Crippen LogP contribution in [0, 0.1) is 6.92 Å². The molecule has 34 heavy (non-hydrogen) atoms. The highest BCUT2D eigenvalue weighted by molar-refractivity contribution is 5.82. The van der Waals surface area contributed by atoms with E-state index in [4.69, 9.17) is 4.74 Å². The van der Waals surface area contributed by atoms with E-state index >= 15 is 0 Å². The number of para-hydroxylation sites is 1. The number of anilines is 1. The van der Waals surface area contributed by atoms with Crippen molar-refractivity contribution in [3.63, 3.8) is 0 Å². The molecule has 1 aliphatic heterocycles. The number of imidazole rings is 1. The van der Waals surface area contributed by atoms with Gasteiger partial charge in [-0.1, -0.05) is 24.3 Å². The number of hydrogen-bond donors (Lipinski definition) is 1. The van der Waals surface area contributed by atoms with Crippen molar-refractivity contribution >= 4 is 17.0 Å². The summed E-state index contributed by atoms with van der Waals surface area (Å²) in [6.45, 7) is 0.727. The van der Waals surface area contributed by atoms with Crippen molar-refractivity contribution in [3.05, 3.63) is 66.2 Å². The van der Waals surface area contributed by atoms with Gasteiger partial charge in [0.2, 0.25) is 5.95 Å². The minimum atomic E-state index is -2.88. The fourth-order valence-corrected chi connectivity index (χ4v) is 4.41. The summed E-state index contributed by atoms with van der Waals surface area (Å²) in [4.78, 5) is 15.7. The molecule has 7 nitrogen and oxygen atoms in total. The second kappa shape index (κ2) is 9.34. The third-order valence-electron chi connectivity index (χ3n) is 6.11. The molecule has 1 atom stereocenters. The van der Waals surface area contributed by atoms with Crippen LogP contribution in [0.15, 0.2) is 54.9 Å². The highest BCUT2D eigenvalue weighted by atomic mass is 19.3. The smallest absolute Gasteiger partial charge is 0.387 e. The Bertz CT molecular complexity index is 1290. The van der Waals surface area contributed by atoms with Gasteiger partial charge in [-0.05, 0) is 43.5 Å². The summed E-state index contributed by atoms with van der Waals surface area (Å²) in [6.07, 6.45) is 4.94. The van der Waals surface area contributed by atoms with Gasteiger partial charge < -0.3 is 19.3 Å². The summed E-state index contributed by atoms with van der Waals surface area (Å²) < 4.78 is 32.4. The van der Waals surface area contributed by atoms with Crippen LogP contribution in [0.4, 0.5) is 14.7 Å². The van der Waals surface area contributed by atoms with E-state index in [0.29, 0.717) is 24.6 Å². The Morgan fingerprint density at radius 2 is 1.91 bits per heavy atom. The lowest BCUT2D eigenvalue weighted by molar-refractivity contribution is -0.0504. The molecule has 1 unspecified atom stereocenters. The van der Waals surface area contributed by atoms with Gasteiger partial charge in [0.05, 0.1) is 23.7 Å². The number of aliphatic hydroxyl groups excluding tert-OH is 1. The van der Waals surface area contributed by atoms with E-state index in [1.807, 2.05) is 34.6 Å². The summed E-state index contributed by atoms with van der Waals surface area (Å²) in [7, 11) is 0. The molecule has 2 aromatic heterocycles. The number of hydrogen-bond acceptors (Lipinski definition) is 6. The maximum atomic E-state index is 12.8. The molecule has 4 aromatic rings. The molecule has 0 spiro atoms. The predicted octanol–water partition coefficient (Wildman–Crippen LogP) is 4.41. The SMILES string of the molecule is Cc1nc2ccc(-c3cnc(N4CCCC(O)C4)nc3)cc2n1Cc1ccccc1OC(F)F. The molecule has 1 fully saturated rings. The number of alkyl halides is 2. The van der Waals surface area contributed by atoms with Crippen LogP contribution in [0.3, 0.4) is 0 Å². The van der Waals surface area contributed by atoms with E-state index in [1.165, 1.54) is 0 Å². The zero-order chi connectivity index (χ0) is 23.7. The van der Waals surface area contributed by atoms with Crippen LogP contribution in [0.25, 0.3) is 22.2 Å². The van der Waals surface area contributed by atoms with Crippen LogP contribution in [-0.4, -0.2) is 50.4 Å². The van der Waals surface area contributed by atoms with Crippen molar-refractivity contribution in [1.29, 1.82) is 0 Å². The number of fused-ring (bicyclic) bond motifs is 1. The van der Waals surface area contributed by atoms with Crippen LogP contribution >= 0.6 is 0 Å². The molecule has 5 rings (SSSR count). The van der Waals surface area contributed by atoms with Crippen molar-refractivity contribution < 1.29 is 18.6 Å². The Hall–Kier alpha value is -3.59. The van der Waals surface area contributed by atoms with Crippen LogP contribution in [0.2, 0.25) is 0 Å². The van der Waals surface area contributed by atoms with Gasteiger partial charge in [-0.3, -0.25) is 0 Å². The quantitative estimate of drug-likeness (QED) is 0.455. The standard InChI is InChI=1S/C25H25F2N5O2/c1-16-30-21-9-8-17(19-12-28-25(29-13-19)31-10-4-6-20(33)15-31)11-22(21)32(16)14-18-5-2-3-7-23(18)34-24(26)27/h2-3,5,7-9,11-13,20,24,33H,4,6,10,14-15H2,1H3. The first-order valence-corrected chi connectivity index (χ1v) is 11.2. The van der Waals surface area contributed by atoms with E-state index < -0.39 is 6.61 Å². The molecule has 0 bridgehead atoms. The Labute approximate surface area is 195 Å². The molecular weight excluding hydrogens is 440 g/mol. The average molecular weight is 466 g/mol. The summed E-state index contributed by atoms with van der Waals surface area (Å²) in [6, 6.07) is 12.7. The molecule has 3 heterocycles. The number of aromatic nitrogens is 4. The number of ether oxygens (including phenoxy) is 1. The van der Waals surface area contributed by atoms with E-state index in [-0.39, 0.29) is 11.9 Å². The van der Waals surface area contributed by atoms with Crippen molar-refractivity contribution in [2.24, 2.45) is 0 Å². The molecule has 176 valence electrons. The van der Waals surface area contributed by atoms with Crippen molar-refractivity contribution in [3.8, 4) is 16.9 Å². The van der Waals surface area contributed by atoms with Crippen LogP contribution in [0.5, 0.6) is 5.75 Å². The average Bonchev–Trinajstić information content (AvgIpc) is 3.14. The number of aryl methyl sites for hydroxylation is 1. The highest BCUT2D eigenvalue weighted by Gasteiger charge is 2.20. The van der Waals surface area contributed by atoms with Crippen LogP contribution in [-0.2, 0) is 6.54 Å². The molecule has 1 aliphatic rings. The maximum absolute atomic E-state index is 12.8. The van der Waals surface area contributed by atoms with Gasteiger partial charge in [-0.2, -0.15) is 8.78 Å². The third-order valence-corrected chi connectivity index (χ3v) is 6.11. The second-order valence-corrected chi connectivity index (χ2v) is 8.45. The van der Waals surface area contributed by atoms with E-state index in [1.54, 1.807) is 36.7 Å². The van der Waals surface area contributed by atoms with Gasteiger partial charge in [0.15, 0.2) is 0 Å². The minimum Gasteiger partial charge on any atom is -0.434 e. The van der Waals surface area contributed by atoms with Crippen molar-refractivity contribution in [2.75, 3.05) is 18.0 Å². The van der Waals surface area contributed by atoms with Gasteiger partial charge in [0.25, 0.3) is 0 Å². The zero-order valence-electron chi connectivity index (χ0n) is 18.7. The topological polar surface area (TPSA) is 76.3 Å². The van der Waals surface area contributed by atoms with Gasteiger partial charge in [-0.15, -0.1) is 0 Å². The Morgan fingerprint density at radius 3 is 2.68 bits per heavy atom. The van der Waals surface area contributed by atoms with E-state index in [2.05, 4.69) is 15.0 Å². The summed E-state index contributed by atoms with van der Waals surface area (Å²) >= 11 is 0. The van der Waals surface area contributed by atoms with Crippen molar-refractivity contribution in [2.45, 2.75) is 39.0 Å². The van der Waals surface area contributed by atoms with E-state index in [0.717, 1.165) is 47.4 Å². The fraction of sp³-hybridized carbons (Fsp3) is 0.320. The van der Waals surface area contributed by atoms with Gasteiger partial charge in [0, 0.05) is 36.6 Å². The monoisotopic (exact) mass is 465 g/mol. The molecule has 1 N–H and O–H groups in total. The number of nitrogens with zero attached hydrogens (tertiary/aromatic N) is 5. The van der Waals surface area contributed by atoms with Gasteiger partial charge in [-0.25, -0.2) is 15.0 Å². The fourth-order valence-electron chi connectivity index (χ4n) is 4.41.